The number of rotatable bonds is 3. The van der Waals surface area contributed by atoms with Crippen LogP contribution in [0.2, 0.25) is 5.02 Å². The van der Waals surface area contributed by atoms with Gasteiger partial charge in [0.15, 0.2) is 5.78 Å². The fourth-order valence-electron chi connectivity index (χ4n) is 3.19. The quantitative estimate of drug-likeness (QED) is 0.777. The van der Waals surface area contributed by atoms with Gasteiger partial charge in [-0.15, -0.1) is 0 Å². The number of aromatic nitrogens is 1. The minimum Gasteiger partial charge on any atom is -0.355 e. The highest BCUT2D eigenvalue weighted by Crippen LogP contribution is 2.27. The number of fused-ring (bicyclic) bond motifs is 1. The van der Waals surface area contributed by atoms with Crippen LogP contribution in [0.4, 0.5) is 5.82 Å². The molecule has 2 heterocycles. The molecule has 0 radical (unpaired) electrons. The van der Waals surface area contributed by atoms with Crippen molar-refractivity contribution in [3.63, 3.8) is 0 Å². The largest absolute Gasteiger partial charge is 0.355 e. The highest BCUT2D eigenvalue weighted by molar-refractivity contribution is 6.33. The Balaban J connectivity index is 1.81. The highest BCUT2D eigenvalue weighted by Gasteiger charge is 2.19. The molecule has 1 aromatic carbocycles. The second kappa shape index (κ2) is 7.46. The number of anilines is 1. The molecule has 0 unspecified atom stereocenters. The molecule has 5 nitrogen and oxygen atoms in total. The van der Waals surface area contributed by atoms with Gasteiger partial charge >= 0.3 is 0 Å². The SMILES string of the molecule is CC(=O)c1ccc2c(c1)CCN(c1ncc(C(=O)N(C)C)cc1Cl)CC2. The fraction of sp³-hybridized carbons (Fsp3) is 0.350. The van der Waals surface area contributed by atoms with E-state index in [0.29, 0.717) is 16.4 Å². The van der Waals surface area contributed by atoms with Gasteiger partial charge in [0.05, 0.1) is 10.6 Å². The van der Waals surface area contributed by atoms with Crippen molar-refractivity contribution in [1.82, 2.24) is 9.88 Å². The third kappa shape index (κ3) is 3.73. The van der Waals surface area contributed by atoms with Gasteiger partial charge in [-0.1, -0.05) is 23.7 Å². The molecule has 6 heteroatoms. The number of Topliss-reactive ketones (excluding diaryl/α,β-unsaturated/α-hetero) is 1. The lowest BCUT2D eigenvalue weighted by atomic mass is 9.99. The van der Waals surface area contributed by atoms with E-state index in [9.17, 15) is 9.59 Å². The first-order valence-corrected chi connectivity index (χ1v) is 8.99. The first kappa shape index (κ1) is 18.4. The first-order valence-electron chi connectivity index (χ1n) is 8.61. The van der Waals surface area contributed by atoms with E-state index < -0.39 is 0 Å². The van der Waals surface area contributed by atoms with Crippen molar-refractivity contribution in [2.45, 2.75) is 19.8 Å². The molecule has 136 valence electrons. The van der Waals surface area contributed by atoms with Gasteiger partial charge in [0.2, 0.25) is 0 Å². The van der Waals surface area contributed by atoms with Crippen molar-refractivity contribution in [1.29, 1.82) is 0 Å². The molecule has 0 spiro atoms. The van der Waals surface area contributed by atoms with Crippen LogP contribution in [0.3, 0.4) is 0 Å². The van der Waals surface area contributed by atoms with E-state index in [1.54, 1.807) is 33.3 Å². The highest BCUT2D eigenvalue weighted by atomic mass is 35.5. The van der Waals surface area contributed by atoms with Crippen molar-refractivity contribution >= 4 is 29.1 Å². The number of hydrogen-bond donors (Lipinski definition) is 0. The Morgan fingerprint density at radius 3 is 2.38 bits per heavy atom. The molecule has 1 aromatic heterocycles. The van der Waals surface area contributed by atoms with Crippen molar-refractivity contribution in [2.75, 3.05) is 32.1 Å². The van der Waals surface area contributed by atoms with E-state index in [2.05, 4.69) is 9.88 Å². The standard InChI is InChI=1S/C20H22ClN3O2/c1-13(25)15-5-4-14-6-8-24(9-7-16(14)10-15)19-18(21)11-17(12-22-19)20(26)23(2)3/h4-5,10-12H,6-9H2,1-3H3. The molecular formula is C20H22ClN3O2. The Kier molecular flexibility index (Phi) is 5.28. The Hall–Kier alpha value is -2.40. The van der Waals surface area contributed by atoms with E-state index >= 15 is 0 Å². The van der Waals surface area contributed by atoms with Crippen LogP contribution in [0.25, 0.3) is 0 Å². The number of hydrogen-bond acceptors (Lipinski definition) is 4. The zero-order chi connectivity index (χ0) is 18.8. The molecule has 0 saturated heterocycles. The summed E-state index contributed by atoms with van der Waals surface area (Å²) in [6.45, 7) is 3.15. The summed E-state index contributed by atoms with van der Waals surface area (Å²) in [5, 5.41) is 0.480. The maximum atomic E-state index is 12.1. The minimum absolute atomic E-state index is 0.0831. The molecule has 0 saturated carbocycles. The first-order chi connectivity index (χ1) is 12.4. The number of carbonyl (C=O) groups excluding carboxylic acids is 2. The number of ketones is 1. The number of carbonyl (C=O) groups is 2. The van der Waals surface area contributed by atoms with E-state index in [4.69, 9.17) is 11.6 Å². The molecule has 0 atom stereocenters. The van der Waals surface area contributed by atoms with Gasteiger partial charge in [-0.25, -0.2) is 4.98 Å². The lowest BCUT2D eigenvalue weighted by Crippen LogP contribution is -2.28. The smallest absolute Gasteiger partial charge is 0.254 e. The maximum Gasteiger partial charge on any atom is 0.254 e. The summed E-state index contributed by atoms with van der Waals surface area (Å²) in [5.41, 5.74) is 3.69. The number of benzene rings is 1. The summed E-state index contributed by atoms with van der Waals surface area (Å²) in [6.07, 6.45) is 3.27. The van der Waals surface area contributed by atoms with E-state index in [1.807, 2.05) is 18.2 Å². The Bertz CT molecular complexity index is 864. The molecule has 1 amide bonds. The van der Waals surface area contributed by atoms with Gasteiger partial charge < -0.3 is 9.80 Å². The molecule has 1 aliphatic rings. The molecule has 0 fully saturated rings. The van der Waals surface area contributed by atoms with Gasteiger partial charge in [0.1, 0.15) is 5.82 Å². The van der Waals surface area contributed by atoms with Crippen LogP contribution < -0.4 is 4.90 Å². The lowest BCUT2D eigenvalue weighted by molar-refractivity contribution is 0.0827. The number of nitrogens with zero attached hydrogens (tertiary/aromatic N) is 3. The number of halogens is 1. The van der Waals surface area contributed by atoms with Crippen LogP contribution in [0.15, 0.2) is 30.5 Å². The van der Waals surface area contributed by atoms with Crippen LogP contribution >= 0.6 is 11.6 Å². The monoisotopic (exact) mass is 371 g/mol. The molecule has 2 aromatic rings. The van der Waals surface area contributed by atoms with Gasteiger partial charge in [0, 0.05) is 38.9 Å². The van der Waals surface area contributed by atoms with Gasteiger partial charge in [-0.3, -0.25) is 9.59 Å². The van der Waals surface area contributed by atoms with E-state index in [0.717, 1.165) is 31.5 Å². The molecule has 3 rings (SSSR count). The van der Waals surface area contributed by atoms with Crippen LogP contribution in [-0.4, -0.2) is 48.8 Å². The van der Waals surface area contributed by atoms with Crippen LogP contribution in [0.5, 0.6) is 0 Å². The average molecular weight is 372 g/mol. The molecule has 0 aliphatic carbocycles. The number of amides is 1. The van der Waals surface area contributed by atoms with Crippen LogP contribution in [0, 0.1) is 0 Å². The van der Waals surface area contributed by atoms with Crippen molar-refractivity contribution in [3.8, 4) is 0 Å². The van der Waals surface area contributed by atoms with Crippen LogP contribution in [0.1, 0.15) is 38.8 Å². The van der Waals surface area contributed by atoms with Crippen LogP contribution in [-0.2, 0) is 12.8 Å². The second-order valence-electron chi connectivity index (χ2n) is 6.76. The summed E-state index contributed by atoms with van der Waals surface area (Å²) in [6, 6.07) is 7.61. The normalized spacial score (nSPS) is 13.8. The van der Waals surface area contributed by atoms with Gasteiger partial charge in [0.25, 0.3) is 5.91 Å². The molecule has 0 N–H and O–H groups in total. The summed E-state index contributed by atoms with van der Waals surface area (Å²) in [4.78, 5) is 31.8. The topological polar surface area (TPSA) is 53.5 Å². The fourth-order valence-corrected chi connectivity index (χ4v) is 3.48. The van der Waals surface area contributed by atoms with E-state index in [-0.39, 0.29) is 11.7 Å². The summed E-state index contributed by atoms with van der Waals surface area (Å²) in [7, 11) is 3.40. The Labute approximate surface area is 158 Å². The molecular weight excluding hydrogens is 350 g/mol. The van der Waals surface area contributed by atoms with Crippen molar-refractivity contribution in [3.05, 3.63) is 57.7 Å². The zero-order valence-corrected chi connectivity index (χ0v) is 16.0. The minimum atomic E-state index is -0.119. The van der Waals surface area contributed by atoms with Gasteiger partial charge in [-0.05, 0) is 43.0 Å². The third-order valence-corrected chi connectivity index (χ3v) is 4.97. The lowest BCUT2D eigenvalue weighted by Gasteiger charge is -2.23. The van der Waals surface area contributed by atoms with E-state index in [1.165, 1.54) is 16.0 Å². The number of pyridine rings is 1. The predicted octanol–water partition coefficient (Wildman–Crippen LogP) is 3.24. The summed E-state index contributed by atoms with van der Waals surface area (Å²) < 4.78 is 0. The Morgan fingerprint density at radius 1 is 1.08 bits per heavy atom. The summed E-state index contributed by atoms with van der Waals surface area (Å²) in [5.74, 6) is 0.660. The van der Waals surface area contributed by atoms with Crippen molar-refractivity contribution in [2.24, 2.45) is 0 Å². The second-order valence-corrected chi connectivity index (χ2v) is 7.16. The third-order valence-electron chi connectivity index (χ3n) is 4.69. The predicted molar refractivity (Wildman–Crippen MR) is 103 cm³/mol. The zero-order valence-electron chi connectivity index (χ0n) is 15.3. The maximum absolute atomic E-state index is 12.1. The van der Waals surface area contributed by atoms with Gasteiger partial charge in [-0.2, -0.15) is 0 Å². The molecule has 26 heavy (non-hydrogen) atoms. The Morgan fingerprint density at radius 2 is 1.77 bits per heavy atom. The average Bonchev–Trinajstić information content (AvgIpc) is 2.82. The molecule has 0 bridgehead atoms. The molecule has 1 aliphatic heterocycles. The summed E-state index contributed by atoms with van der Waals surface area (Å²) >= 11 is 6.42. The van der Waals surface area contributed by atoms with Crippen molar-refractivity contribution < 1.29 is 9.59 Å².